The summed E-state index contributed by atoms with van der Waals surface area (Å²) in [6, 6.07) is 48.0. The highest BCUT2D eigenvalue weighted by atomic mass is 79.9. The molecule has 11 rings (SSSR count). The highest BCUT2D eigenvalue weighted by molar-refractivity contribution is 9.10. The molecule has 5 aliphatic rings. The Morgan fingerprint density at radius 2 is 0.783 bits per heavy atom. The summed E-state index contributed by atoms with van der Waals surface area (Å²) in [5, 5.41) is 3.37. The van der Waals surface area contributed by atoms with Crippen LogP contribution in [0.25, 0.3) is 0 Å². The Kier molecular flexibility index (Phi) is 16.4. The maximum atomic E-state index is 12.5. The lowest BCUT2D eigenvalue weighted by Gasteiger charge is -2.37. The van der Waals surface area contributed by atoms with Crippen LogP contribution in [0.2, 0.25) is 0 Å². The number of ether oxygens (including phenoxy) is 3. The number of hydrogen-bond acceptors (Lipinski definition) is 10. The van der Waals surface area contributed by atoms with Gasteiger partial charge in [-0.25, -0.2) is 0 Å². The second kappa shape index (κ2) is 23.1. The second-order valence-electron chi connectivity index (χ2n) is 17.1. The van der Waals surface area contributed by atoms with Crippen LogP contribution in [0.3, 0.4) is 0 Å². The standard InChI is InChI=1S/C20H23N3O2.C19H21N3O2.C15H12BrNO2.ClH/c1-21-10-12-22(13-11-21)17-8-5-9-18-20(17)25-15-19(24)23(18)14-16-6-3-2-4-7-16;23-18-14-24-19-16(21-11-9-20-10-12-21)7-4-8-17(19)22(18)13-15-5-2-1-3-6-15;16-12-7-4-8-13-15(12)19-10-14(18)17(13)9-11-5-2-1-3-6-11;/h2-9H,10-15H2,1H3;1-8,20H,9-14H2;1-8H,9-10H2;1H. The molecule has 3 amide bonds. The SMILES string of the molecule is CN1CCN(c2cccc3c2OCC(=O)N3Cc2ccccc2)CC1.Cl.O=C1COc2c(Br)cccc2N1Cc1ccccc1.O=C1COc2c(N3CCNCC3)cccc2N1Cc1ccccc1. The normalized spacial score (nSPS) is 16.4. The van der Waals surface area contributed by atoms with Crippen molar-refractivity contribution in [2.24, 2.45) is 0 Å². The fourth-order valence-electron chi connectivity index (χ4n) is 8.91. The molecular weight excluding hydrogens is 958 g/mol. The fraction of sp³-hybridized carbons (Fsp3) is 0.278. The number of piperazine rings is 2. The molecule has 0 bridgehead atoms. The van der Waals surface area contributed by atoms with E-state index in [2.05, 4.69) is 55.1 Å². The molecule has 0 saturated carbocycles. The summed E-state index contributed by atoms with van der Waals surface area (Å²) < 4.78 is 18.1. The fourth-order valence-corrected chi connectivity index (χ4v) is 9.38. The number of para-hydroxylation sites is 3. The molecular formula is C54H57BrClN7O6. The molecule has 0 unspecified atom stereocenters. The monoisotopic (exact) mass is 1010 g/mol. The van der Waals surface area contributed by atoms with Crippen molar-refractivity contribution in [3.05, 3.63) is 167 Å². The number of benzene rings is 6. The van der Waals surface area contributed by atoms with Crippen LogP contribution in [0.15, 0.2) is 150 Å². The van der Waals surface area contributed by atoms with E-state index < -0.39 is 0 Å². The zero-order chi connectivity index (χ0) is 46.8. The highest BCUT2D eigenvalue weighted by Gasteiger charge is 2.32. The molecule has 1 N–H and O–H groups in total. The van der Waals surface area contributed by atoms with Crippen LogP contribution < -0.4 is 44.0 Å². The Balaban J connectivity index is 0.000000140. The van der Waals surface area contributed by atoms with Crippen molar-refractivity contribution in [2.45, 2.75) is 19.6 Å². The van der Waals surface area contributed by atoms with Gasteiger partial charge in [0.05, 0.1) is 52.5 Å². The molecule has 0 aromatic heterocycles. The Morgan fingerprint density at radius 3 is 1.20 bits per heavy atom. The topological polar surface area (TPSA) is 110 Å². The van der Waals surface area contributed by atoms with E-state index in [-0.39, 0.29) is 49.9 Å². The van der Waals surface area contributed by atoms with Crippen molar-refractivity contribution in [3.8, 4) is 17.2 Å². The number of amides is 3. The molecule has 2 fully saturated rings. The van der Waals surface area contributed by atoms with Gasteiger partial charge in [0, 0.05) is 52.4 Å². The molecule has 69 heavy (non-hydrogen) atoms. The third-order valence-corrected chi connectivity index (χ3v) is 13.2. The van der Waals surface area contributed by atoms with Crippen LogP contribution in [0.1, 0.15) is 16.7 Å². The lowest BCUT2D eigenvalue weighted by molar-refractivity contribution is -0.122. The quantitative estimate of drug-likeness (QED) is 0.160. The van der Waals surface area contributed by atoms with E-state index in [1.807, 2.05) is 143 Å². The van der Waals surface area contributed by atoms with E-state index >= 15 is 0 Å². The summed E-state index contributed by atoms with van der Waals surface area (Å²) in [7, 11) is 2.15. The molecule has 6 aromatic rings. The van der Waals surface area contributed by atoms with Gasteiger partial charge in [0.15, 0.2) is 37.1 Å². The van der Waals surface area contributed by atoms with Crippen molar-refractivity contribution < 1.29 is 28.6 Å². The summed E-state index contributed by atoms with van der Waals surface area (Å²) >= 11 is 3.45. The summed E-state index contributed by atoms with van der Waals surface area (Å²) in [6.45, 7) is 9.86. The molecule has 5 heterocycles. The van der Waals surface area contributed by atoms with Crippen LogP contribution in [-0.4, -0.2) is 102 Å². The molecule has 6 aromatic carbocycles. The predicted molar refractivity (Wildman–Crippen MR) is 278 cm³/mol. The summed E-state index contributed by atoms with van der Waals surface area (Å²) in [5.41, 5.74) is 8.07. The Hall–Kier alpha value is -6.58. The molecule has 0 spiro atoms. The Morgan fingerprint density at radius 1 is 0.435 bits per heavy atom. The van der Waals surface area contributed by atoms with Gasteiger partial charge in [0.1, 0.15) is 0 Å². The first-order valence-corrected chi connectivity index (χ1v) is 23.9. The first-order chi connectivity index (χ1) is 33.3. The lowest BCUT2D eigenvalue weighted by atomic mass is 10.1. The predicted octanol–water partition coefficient (Wildman–Crippen LogP) is 8.18. The zero-order valence-electron chi connectivity index (χ0n) is 38.7. The van der Waals surface area contributed by atoms with Crippen molar-refractivity contribution in [1.82, 2.24) is 10.2 Å². The van der Waals surface area contributed by atoms with E-state index in [0.717, 1.165) is 119 Å². The third-order valence-electron chi connectivity index (χ3n) is 12.5. The second-order valence-corrected chi connectivity index (χ2v) is 18.0. The Labute approximate surface area is 418 Å². The number of halogens is 2. The molecule has 0 aliphatic carbocycles. The average molecular weight is 1020 g/mol. The van der Waals surface area contributed by atoms with Gasteiger partial charge in [-0.1, -0.05) is 109 Å². The minimum absolute atomic E-state index is 0. The molecule has 13 nitrogen and oxygen atoms in total. The maximum Gasteiger partial charge on any atom is 0.265 e. The molecule has 358 valence electrons. The van der Waals surface area contributed by atoms with E-state index in [9.17, 15) is 14.4 Å². The third kappa shape index (κ3) is 11.7. The van der Waals surface area contributed by atoms with Crippen molar-refractivity contribution in [3.63, 3.8) is 0 Å². The van der Waals surface area contributed by atoms with Gasteiger partial charge in [0.25, 0.3) is 17.7 Å². The molecule has 2 saturated heterocycles. The number of carbonyl (C=O) groups is 3. The minimum atomic E-state index is -0.0190. The number of rotatable bonds is 8. The van der Waals surface area contributed by atoms with Gasteiger partial charge in [-0.05, 0) is 76.1 Å². The number of nitrogens with zero attached hydrogens (tertiary/aromatic N) is 6. The van der Waals surface area contributed by atoms with Gasteiger partial charge < -0.3 is 48.9 Å². The van der Waals surface area contributed by atoms with E-state index in [1.54, 1.807) is 4.90 Å². The molecule has 0 radical (unpaired) electrons. The van der Waals surface area contributed by atoms with Gasteiger partial charge in [0.2, 0.25) is 0 Å². The zero-order valence-corrected chi connectivity index (χ0v) is 41.1. The Bertz CT molecular complexity index is 2690. The number of hydrogen-bond donors (Lipinski definition) is 1. The van der Waals surface area contributed by atoms with Crippen LogP contribution in [0.4, 0.5) is 28.4 Å². The maximum absolute atomic E-state index is 12.5. The van der Waals surface area contributed by atoms with E-state index in [1.165, 1.54) is 0 Å². The number of carbonyl (C=O) groups excluding carboxylic acids is 3. The largest absolute Gasteiger partial charge is 0.480 e. The van der Waals surface area contributed by atoms with Crippen LogP contribution in [0.5, 0.6) is 17.2 Å². The number of nitrogens with one attached hydrogen (secondary N) is 1. The highest BCUT2D eigenvalue weighted by Crippen LogP contribution is 2.43. The lowest BCUT2D eigenvalue weighted by Crippen LogP contribution is -2.45. The smallest absolute Gasteiger partial charge is 0.265 e. The number of fused-ring (bicyclic) bond motifs is 3. The number of likely N-dealkylation sites (N-methyl/N-ethyl adjacent to an activating group) is 1. The van der Waals surface area contributed by atoms with Gasteiger partial charge >= 0.3 is 0 Å². The van der Waals surface area contributed by atoms with Crippen LogP contribution in [0, 0.1) is 0 Å². The first kappa shape index (κ1) is 48.9. The average Bonchev–Trinajstić information content (AvgIpc) is 3.38. The van der Waals surface area contributed by atoms with Crippen molar-refractivity contribution in [2.75, 3.05) is 104 Å². The van der Waals surface area contributed by atoms with Crippen LogP contribution >= 0.6 is 28.3 Å². The first-order valence-electron chi connectivity index (χ1n) is 23.2. The molecule has 0 atom stereocenters. The van der Waals surface area contributed by atoms with Gasteiger partial charge in [-0.3, -0.25) is 14.4 Å². The van der Waals surface area contributed by atoms with Crippen molar-refractivity contribution in [1.29, 1.82) is 0 Å². The molecule has 15 heteroatoms. The van der Waals surface area contributed by atoms with Crippen LogP contribution in [-0.2, 0) is 34.0 Å². The van der Waals surface area contributed by atoms with E-state index in [4.69, 9.17) is 14.2 Å². The van der Waals surface area contributed by atoms with Crippen molar-refractivity contribution >= 4 is 74.5 Å². The van der Waals surface area contributed by atoms with Gasteiger partial charge in [-0.2, -0.15) is 0 Å². The number of anilines is 5. The summed E-state index contributed by atoms with van der Waals surface area (Å²) in [6.07, 6.45) is 0. The summed E-state index contributed by atoms with van der Waals surface area (Å²) in [5.74, 6) is 2.39. The summed E-state index contributed by atoms with van der Waals surface area (Å²) in [4.78, 5) is 49.4. The van der Waals surface area contributed by atoms with Gasteiger partial charge in [-0.15, -0.1) is 12.4 Å². The minimum Gasteiger partial charge on any atom is -0.480 e. The van der Waals surface area contributed by atoms with E-state index in [0.29, 0.717) is 19.6 Å². The molecule has 5 aliphatic heterocycles.